The number of aryl methyl sites for hydroxylation is 4. The topological polar surface area (TPSA) is 80.1 Å². The van der Waals surface area contributed by atoms with Crippen LogP contribution < -0.4 is 5.32 Å². The summed E-state index contributed by atoms with van der Waals surface area (Å²) in [4.78, 5) is 19.3. The Bertz CT molecular complexity index is 719. The Morgan fingerprint density at radius 2 is 1.11 bits per heavy atom. The number of carbonyl (C=O) groups excluding carboxylic acids is 2. The molecule has 0 bridgehead atoms. The molecule has 156 valence electrons. The number of fused-ring (bicyclic) bond motifs is 1. The predicted molar refractivity (Wildman–Crippen MR) is 117 cm³/mol. The van der Waals surface area contributed by atoms with Gasteiger partial charge in [-0.15, -0.1) is 0 Å². The van der Waals surface area contributed by atoms with Crippen molar-refractivity contribution < 1.29 is 14.3 Å². The second-order valence-electron chi connectivity index (χ2n) is 6.16. The van der Waals surface area contributed by atoms with Crippen molar-refractivity contribution in [2.75, 3.05) is 28.3 Å². The van der Waals surface area contributed by atoms with Gasteiger partial charge < -0.3 is 10.1 Å². The van der Waals surface area contributed by atoms with E-state index in [1.54, 1.807) is 21.1 Å². The fraction of sp³-hybridized carbons (Fsp3) is 0.455. The van der Waals surface area contributed by atoms with E-state index in [9.17, 15) is 9.59 Å². The predicted octanol–water partition coefficient (Wildman–Crippen LogP) is 4.70. The van der Waals surface area contributed by atoms with Gasteiger partial charge >= 0.3 is 5.97 Å². The Morgan fingerprint density at radius 1 is 0.821 bits per heavy atom. The highest BCUT2D eigenvalue weighted by Crippen LogP contribution is 2.24. The monoisotopic (exact) mass is 389 g/mol. The highest BCUT2D eigenvalue weighted by molar-refractivity contribution is 5.89. The molecule has 0 saturated heterocycles. The zero-order chi connectivity index (χ0) is 22.3. The van der Waals surface area contributed by atoms with Gasteiger partial charge in [-0.1, -0.05) is 35.4 Å². The number of carbonyl (C=O) groups is 2. The van der Waals surface area contributed by atoms with Crippen LogP contribution in [-0.2, 0) is 14.3 Å². The number of ether oxygens (including phenoxy) is 1. The van der Waals surface area contributed by atoms with Crippen LogP contribution in [0.5, 0.6) is 0 Å². The van der Waals surface area contributed by atoms with Crippen molar-refractivity contribution in [2.45, 2.75) is 41.5 Å². The molecule has 0 aromatic heterocycles. The molecular weight excluding hydrogens is 354 g/mol. The molecule has 1 N–H and O–H groups in total. The summed E-state index contributed by atoms with van der Waals surface area (Å²) in [6, 6.07) is 9.05. The lowest BCUT2D eigenvalue weighted by atomic mass is 9.97. The molecule has 0 saturated carbocycles. The molecule has 0 spiro atoms. The van der Waals surface area contributed by atoms with E-state index >= 15 is 0 Å². The molecule has 0 aliphatic rings. The van der Waals surface area contributed by atoms with Crippen LogP contribution in [0.15, 0.2) is 34.5 Å². The first-order valence-corrected chi connectivity index (χ1v) is 8.92. The summed E-state index contributed by atoms with van der Waals surface area (Å²) in [5.41, 5.74) is 5.46. The van der Waals surface area contributed by atoms with Gasteiger partial charge in [0, 0.05) is 35.0 Å². The van der Waals surface area contributed by atoms with Crippen LogP contribution in [0, 0.1) is 27.7 Å². The lowest BCUT2D eigenvalue weighted by Crippen LogP contribution is -2.11. The van der Waals surface area contributed by atoms with E-state index in [2.05, 4.69) is 72.2 Å². The van der Waals surface area contributed by atoms with E-state index in [0.29, 0.717) is 0 Å². The second-order valence-corrected chi connectivity index (χ2v) is 6.16. The molecular formula is C22H35N3O3. The van der Waals surface area contributed by atoms with Crippen molar-refractivity contribution in [3.05, 3.63) is 46.5 Å². The SMILES string of the molecule is CN=NC.CNC(C)=O.COC(C)=O.Cc1cc(C)c2cc(C)cc(C)c2c1. The third-order valence-corrected chi connectivity index (χ3v) is 3.61. The first kappa shape index (κ1) is 27.5. The summed E-state index contributed by atoms with van der Waals surface area (Å²) >= 11 is 0. The Labute approximate surface area is 169 Å². The number of amides is 1. The van der Waals surface area contributed by atoms with Crippen LogP contribution in [0.25, 0.3) is 10.8 Å². The average molecular weight is 390 g/mol. The fourth-order valence-corrected chi connectivity index (χ4v) is 2.19. The number of methoxy groups -OCH3 is 1. The number of benzene rings is 2. The van der Waals surface area contributed by atoms with Crippen molar-refractivity contribution in [1.29, 1.82) is 0 Å². The van der Waals surface area contributed by atoms with Gasteiger partial charge in [-0.2, -0.15) is 10.2 Å². The van der Waals surface area contributed by atoms with Crippen LogP contribution in [-0.4, -0.2) is 40.1 Å². The Hall–Kier alpha value is -2.76. The Balaban J connectivity index is 0. The highest BCUT2D eigenvalue weighted by Gasteiger charge is 2.02. The average Bonchev–Trinajstić information content (AvgIpc) is 2.64. The zero-order valence-electron chi connectivity index (χ0n) is 18.9. The van der Waals surface area contributed by atoms with Crippen LogP contribution in [0.1, 0.15) is 36.1 Å². The normalized spacial score (nSPS) is 9.21. The van der Waals surface area contributed by atoms with Gasteiger partial charge in [-0.05, 0) is 49.6 Å². The first-order chi connectivity index (χ1) is 13.0. The third-order valence-electron chi connectivity index (χ3n) is 3.61. The molecule has 0 fully saturated rings. The number of nitrogens with one attached hydrogen (secondary N) is 1. The van der Waals surface area contributed by atoms with E-state index in [0.717, 1.165) is 0 Å². The molecule has 0 radical (unpaired) electrons. The van der Waals surface area contributed by atoms with E-state index in [1.807, 2.05) is 0 Å². The fourth-order valence-electron chi connectivity index (χ4n) is 2.19. The number of nitrogens with zero attached hydrogens (tertiary/aromatic N) is 2. The largest absolute Gasteiger partial charge is 0.469 e. The summed E-state index contributed by atoms with van der Waals surface area (Å²) in [7, 11) is 6.23. The number of hydrogen-bond acceptors (Lipinski definition) is 5. The van der Waals surface area contributed by atoms with Crippen LogP contribution in [0.3, 0.4) is 0 Å². The molecule has 2 aromatic rings. The maximum atomic E-state index is 9.70. The maximum Gasteiger partial charge on any atom is 0.302 e. The summed E-state index contributed by atoms with van der Waals surface area (Å²) in [6.07, 6.45) is 0. The van der Waals surface area contributed by atoms with Crippen molar-refractivity contribution in [3.63, 3.8) is 0 Å². The van der Waals surface area contributed by atoms with Crippen LogP contribution in [0.4, 0.5) is 0 Å². The molecule has 6 heteroatoms. The maximum absolute atomic E-state index is 9.70. The first-order valence-electron chi connectivity index (χ1n) is 8.92. The zero-order valence-corrected chi connectivity index (χ0v) is 18.9. The summed E-state index contributed by atoms with van der Waals surface area (Å²) in [5.74, 6) is -0.241. The number of esters is 1. The van der Waals surface area contributed by atoms with E-state index in [4.69, 9.17) is 0 Å². The highest BCUT2D eigenvalue weighted by atomic mass is 16.5. The minimum Gasteiger partial charge on any atom is -0.469 e. The molecule has 0 atom stereocenters. The van der Waals surface area contributed by atoms with Gasteiger partial charge in [0.2, 0.25) is 5.91 Å². The molecule has 2 aromatic carbocycles. The van der Waals surface area contributed by atoms with Gasteiger partial charge in [0.25, 0.3) is 0 Å². The summed E-state index contributed by atoms with van der Waals surface area (Å²) in [5, 5.41) is 11.9. The Morgan fingerprint density at radius 3 is 1.29 bits per heavy atom. The summed E-state index contributed by atoms with van der Waals surface area (Å²) < 4.78 is 4.11. The quantitative estimate of drug-likeness (QED) is 0.524. The van der Waals surface area contributed by atoms with Crippen molar-refractivity contribution >= 4 is 22.6 Å². The molecule has 0 unspecified atom stereocenters. The Kier molecular flexibility index (Phi) is 15.0. The van der Waals surface area contributed by atoms with Crippen LogP contribution >= 0.6 is 0 Å². The minimum absolute atomic E-state index is 0.00463. The molecule has 1 amide bonds. The van der Waals surface area contributed by atoms with Gasteiger partial charge in [0.1, 0.15) is 0 Å². The molecule has 0 heterocycles. The van der Waals surface area contributed by atoms with Gasteiger partial charge in [0.05, 0.1) is 7.11 Å². The minimum atomic E-state index is -0.245. The third kappa shape index (κ3) is 12.6. The standard InChI is InChI=1S/C14H16.C3H7NO.C3H6O2.C2H6N2/c1-9-5-11(3)14-8-10(2)6-12(4)13(14)7-9;1-3(5)4-2;1-3(4)5-2;1-3-4-2/h5-8H,1-4H3;1-2H3,(H,4,5);1-2H3;1-2H3. The number of rotatable bonds is 0. The second kappa shape index (κ2) is 15.3. The van der Waals surface area contributed by atoms with Gasteiger partial charge in [-0.3, -0.25) is 9.59 Å². The molecule has 28 heavy (non-hydrogen) atoms. The molecule has 2 rings (SSSR count). The number of azo groups is 1. The molecule has 0 aliphatic carbocycles. The van der Waals surface area contributed by atoms with Crippen molar-refractivity contribution in [1.82, 2.24) is 5.32 Å². The van der Waals surface area contributed by atoms with E-state index in [-0.39, 0.29) is 11.9 Å². The van der Waals surface area contributed by atoms with Crippen molar-refractivity contribution in [2.24, 2.45) is 10.2 Å². The van der Waals surface area contributed by atoms with Crippen molar-refractivity contribution in [3.8, 4) is 0 Å². The molecule has 6 nitrogen and oxygen atoms in total. The van der Waals surface area contributed by atoms with Gasteiger partial charge in [-0.25, -0.2) is 0 Å². The van der Waals surface area contributed by atoms with Gasteiger partial charge in [0.15, 0.2) is 0 Å². The van der Waals surface area contributed by atoms with E-state index in [1.165, 1.54) is 54.0 Å². The smallest absolute Gasteiger partial charge is 0.302 e. The van der Waals surface area contributed by atoms with E-state index < -0.39 is 0 Å². The number of hydrogen-bond donors (Lipinski definition) is 1. The lowest BCUT2D eigenvalue weighted by Gasteiger charge is -2.08. The molecule has 0 aliphatic heterocycles. The summed E-state index contributed by atoms with van der Waals surface area (Å²) in [6.45, 7) is 11.5. The lowest BCUT2D eigenvalue weighted by molar-refractivity contribution is -0.137. The van der Waals surface area contributed by atoms with Crippen LogP contribution in [0.2, 0.25) is 0 Å².